The molecule has 1 amide bonds. The molecule has 22 heavy (non-hydrogen) atoms. The highest BCUT2D eigenvalue weighted by atomic mass is 16.4. The van der Waals surface area contributed by atoms with Gasteiger partial charge < -0.3 is 10.0 Å². The number of carbonyl (C=O) groups is 2. The van der Waals surface area contributed by atoms with Gasteiger partial charge in [0, 0.05) is 25.7 Å². The van der Waals surface area contributed by atoms with Gasteiger partial charge in [0.1, 0.15) is 6.04 Å². The van der Waals surface area contributed by atoms with Crippen LogP contribution in [0.2, 0.25) is 0 Å². The van der Waals surface area contributed by atoms with Gasteiger partial charge in [-0.05, 0) is 18.1 Å². The van der Waals surface area contributed by atoms with Crippen LogP contribution in [0, 0.1) is 0 Å². The second-order valence-electron chi connectivity index (χ2n) is 5.34. The lowest BCUT2D eigenvalue weighted by molar-refractivity contribution is -0.142. The smallest absolute Gasteiger partial charge is 0.326 e. The topological polar surface area (TPSA) is 75.4 Å². The van der Waals surface area contributed by atoms with E-state index in [0.717, 1.165) is 11.1 Å². The van der Waals surface area contributed by atoms with Gasteiger partial charge >= 0.3 is 5.97 Å². The van der Waals surface area contributed by atoms with E-state index in [4.69, 9.17) is 0 Å². The van der Waals surface area contributed by atoms with Crippen molar-refractivity contribution >= 4 is 11.9 Å². The lowest BCUT2D eigenvalue weighted by Crippen LogP contribution is -2.48. The van der Waals surface area contributed by atoms with E-state index in [1.54, 1.807) is 10.9 Å². The molecule has 2 aromatic rings. The number of fused-ring (bicyclic) bond motifs is 1. The van der Waals surface area contributed by atoms with Gasteiger partial charge in [-0.25, -0.2) is 4.79 Å². The summed E-state index contributed by atoms with van der Waals surface area (Å²) < 4.78 is 1.65. The summed E-state index contributed by atoms with van der Waals surface area (Å²) in [5, 5.41) is 13.6. The Kier molecular flexibility index (Phi) is 3.66. The van der Waals surface area contributed by atoms with Crippen molar-refractivity contribution in [3.05, 3.63) is 53.3 Å². The van der Waals surface area contributed by atoms with E-state index in [2.05, 4.69) is 5.10 Å². The molecule has 1 aliphatic rings. The molecule has 0 spiro atoms. The van der Waals surface area contributed by atoms with Crippen molar-refractivity contribution in [1.29, 1.82) is 0 Å². The molecule has 1 aromatic heterocycles. The average Bonchev–Trinajstić information content (AvgIpc) is 3.02. The largest absolute Gasteiger partial charge is 0.480 e. The van der Waals surface area contributed by atoms with E-state index < -0.39 is 12.0 Å². The third-order valence-electron chi connectivity index (χ3n) is 4.00. The molecule has 0 saturated heterocycles. The number of aryl methyl sites for hydroxylation is 1. The molecule has 1 aliphatic heterocycles. The van der Waals surface area contributed by atoms with Gasteiger partial charge in [0.2, 0.25) is 0 Å². The Morgan fingerprint density at radius 1 is 1.32 bits per heavy atom. The molecule has 2 heterocycles. The third-order valence-corrected chi connectivity index (χ3v) is 4.00. The average molecular weight is 299 g/mol. The van der Waals surface area contributed by atoms with E-state index in [0.29, 0.717) is 25.1 Å². The van der Waals surface area contributed by atoms with Crippen LogP contribution in [0.5, 0.6) is 0 Å². The van der Waals surface area contributed by atoms with E-state index in [1.165, 1.54) is 11.1 Å². The molecule has 114 valence electrons. The van der Waals surface area contributed by atoms with Crippen molar-refractivity contribution in [2.24, 2.45) is 0 Å². The van der Waals surface area contributed by atoms with Crippen LogP contribution in [-0.4, -0.2) is 37.7 Å². The van der Waals surface area contributed by atoms with Crippen molar-refractivity contribution in [3.63, 3.8) is 0 Å². The van der Waals surface area contributed by atoms with Crippen molar-refractivity contribution in [2.45, 2.75) is 32.5 Å². The van der Waals surface area contributed by atoms with Gasteiger partial charge in [-0.1, -0.05) is 24.3 Å². The van der Waals surface area contributed by atoms with Gasteiger partial charge in [0.05, 0.1) is 11.8 Å². The number of benzene rings is 1. The zero-order chi connectivity index (χ0) is 15.7. The van der Waals surface area contributed by atoms with Crippen LogP contribution in [-0.2, 0) is 24.3 Å². The Balaban J connectivity index is 1.93. The van der Waals surface area contributed by atoms with Crippen LogP contribution < -0.4 is 0 Å². The maximum Gasteiger partial charge on any atom is 0.326 e. The summed E-state index contributed by atoms with van der Waals surface area (Å²) in [5.74, 6) is -1.27. The number of aliphatic carboxylic acids is 1. The lowest BCUT2D eigenvalue weighted by Gasteiger charge is -2.34. The van der Waals surface area contributed by atoms with E-state index in [-0.39, 0.29) is 5.91 Å². The number of nitrogens with zero attached hydrogens (tertiary/aromatic N) is 3. The Morgan fingerprint density at radius 2 is 2.05 bits per heavy atom. The molecule has 1 unspecified atom stereocenters. The molecule has 1 atom stereocenters. The summed E-state index contributed by atoms with van der Waals surface area (Å²) in [6.45, 7) is 2.90. The summed E-state index contributed by atoms with van der Waals surface area (Å²) in [6, 6.07) is 6.80. The highest BCUT2D eigenvalue weighted by Gasteiger charge is 2.35. The fraction of sp³-hybridized carbons (Fsp3) is 0.312. The van der Waals surface area contributed by atoms with E-state index in [1.807, 2.05) is 31.2 Å². The number of hydrogen-bond donors (Lipinski definition) is 1. The third kappa shape index (κ3) is 2.47. The highest BCUT2D eigenvalue weighted by molar-refractivity contribution is 5.96. The zero-order valence-corrected chi connectivity index (χ0v) is 12.3. The van der Waals surface area contributed by atoms with Gasteiger partial charge in [0.25, 0.3) is 5.91 Å². The number of carboxylic acids is 1. The predicted octanol–water partition coefficient (Wildman–Crippen LogP) is 1.55. The van der Waals surface area contributed by atoms with E-state index in [9.17, 15) is 14.7 Å². The number of carbonyl (C=O) groups excluding carboxylic acids is 1. The molecule has 0 bridgehead atoms. The van der Waals surface area contributed by atoms with Crippen molar-refractivity contribution in [3.8, 4) is 0 Å². The number of hydrogen-bond acceptors (Lipinski definition) is 3. The molecule has 1 N–H and O–H groups in total. The number of carboxylic acid groups (broad SMARTS) is 1. The van der Waals surface area contributed by atoms with Gasteiger partial charge in [-0.2, -0.15) is 5.10 Å². The van der Waals surface area contributed by atoms with Crippen LogP contribution in [0.4, 0.5) is 0 Å². The van der Waals surface area contributed by atoms with Crippen LogP contribution in [0.15, 0.2) is 36.7 Å². The first-order valence-electron chi connectivity index (χ1n) is 7.23. The van der Waals surface area contributed by atoms with Gasteiger partial charge in [-0.3, -0.25) is 9.48 Å². The first kappa shape index (κ1) is 14.3. The molecule has 1 aromatic carbocycles. The predicted molar refractivity (Wildman–Crippen MR) is 79.3 cm³/mol. The maximum atomic E-state index is 12.7. The first-order valence-corrected chi connectivity index (χ1v) is 7.23. The molecule has 3 rings (SSSR count). The molecule has 6 heteroatoms. The Hall–Kier alpha value is -2.63. The summed E-state index contributed by atoms with van der Waals surface area (Å²) >= 11 is 0. The molecular weight excluding hydrogens is 282 g/mol. The Bertz CT molecular complexity index is 723. The number of aromatic nitrogens is 2. The highest BCUT2D eigenvalue weighted by Crippen LogP contribution is 2.25. The zero-order valence-electron chi connectivity index (χ0n) is 12.3. The van der Waals surface area contributed by atoms with Crippen molar-refractivity contribution in [1.82, 2.24) is 14.7 Å². The quantitative estimate of drug-likeness (QED) is 0.933. The second kappa shape index (κ2) is 5.63. The summed E-state index contributed by atoms with van der Waals surface area (Å²) in [5.41, 5.74) is 2.41. The monoisotopic (exact) mass is 299 g/mol. The van der Waals surface area contributed by atoms with Gasteiger partial charge in [0.15, 0.2) is 0 Å². The molecule has 0 saturated carbocycles. The minimum atomic E-state index is -0.981. The molecule has 0 fully saturated rings. The Labute approximate surface area is 128 Å². The number of rotatable bonds is 3. The van der Waals surface area contributed by atoms with Gasteiger partial charge in [-0.15, -0.1) is 0 Å². The second-order valence-corrected chi connectivity index (χ2v) is 5.34. The van der Waals surface area contributed by atoms with Crippen molar-refractivity contribution < 1.29 is 14.7 Å². The first-order chi connectivity index (χ1) is 10.6. The summed E-state index contributed by atoms with van der Waals surface area (Å²) in [7, 11) is 0. The summed E-state index contributed by atoms with van der Waals surface area (Å²) in [4.78, 5) is 25.6. The normalized spacial score (nSPS) is 17.1. The number of amides is 1. The molecule has 0 radical (unpaired) electrons. The van der Waals surface area contributed by atoms with Crippen LogP contribution in [0.25, 0.3) is 0 Å². The van der Waals surface area contributed by atoms with Crippen LogP contribution in [0.1, 0.15) is 28.4 Å². The minimum absolute atomic E-state index is 0.290. The summed E-state index contributed by atoms with van der Waals surface area (Å²) in [6.07, 6.45) is 3.48. The molecule has 0 aliphatic carbocycles. The Morgan fingerprint density at radius 3 is 2.68 bits per heavy atom. The van der Waals surface area contributed by atoms with Crippen LogP contribution in [0.3, 0.4) is 0 Å². The lowest BCUT2D eigenvalue weighted by atomic mass is 9.93. The molecular formula is C16H17N3O3. The SMILES string of the molecule is CCn1cc(C(=O)N2Cc3ccccc3CC2C(=O)O)cn1. The molecule has 6 nitrogen and oxygen atoms in total. The fourth-order valence-corrected chi connectivity index (χ4v) is 2.77. The maximum absolute atomic E-state index is 12.7. The standard InChI is InChI=1S/C16H17N3O3/c1-2-18-9-13(8-17-18)15(20)19-10-12-6-4-3-5-11(12)7-14(19)16(21)22/h3-6,8-9,14H,2,7,10H2,1H3,(H,21,22). The van der Waals surface area contributed by atoms with Crippen molar-refractivity contribution in [2.75, 3.05) is 0 Å². The van der Waals surface area contributed by atoms with E-state index >= 15 is 0 Å². The van der Waals surface area contributed by atoms with Crippen LogP contribution >= 0.6 is 0 Å². The fourth-order valence-electron chi connectivity index (χ4n) is 2.77. The minimum Gasteiger partial charge on any atom is -0.480 e.